The van der Waals surface area contributed by atoms with E-state index in [1.54, 1.807) is 18.5 Å². The third kappa shape index (κ3) is 2.82. The molecule has 0 atom stereocenters. The SMILES string of the molecule is Cc1cnccc1-c1ccc(CNC2CC2)c(F)c1. The number of halogens is 1. The van der Waals surface area contributed by atoms with Gasteiger partial charge in [-0.25, -0.2) is 4.39 Å². The molecule has 0 unspecified atom stereocenters. The van der Waals surface area contributed by atoms with Crippen molar-refractivity contribution in [2.45, 2.75) is 32.4 Å². The summed E-state index contributed by atoms with van der Waals surface area (Å²) in [6, 6.07) is 8.00. The standard InChI is InChI=1S/C16H17FN2/c1-11-9-18-7-6-15(11)12-2-3-13(16(17)8-12)10-19-14-4-5-14/h2-3,6-9,14,19H,4-5,10H2,1H3. The van der Waals surface area contributed by atoms with Gasteiger partial charge in [-0.2, -0.15) is 0 Å². The first-order chi connectivity index (χ1) is 9.24. The number of hydrogen-bond donors (Lipinski definition) is 1. The zero-order chi connectivity index (χ0) is 13.2. The number of rotatable bonds is 4. The molecule has 2 nitrogen and oxygen atoms in total. The lowest BCUT2D eigenvalue weighted by Gasteiger charge is -2.09. The maximum atomic E-state index is 14.1. The van der Waals surface area contributed by atoms with Crippen molar-refractivity contribution in [3.8, 4) is 11.1 Å². The lowest BCUT2D eigenvalue weighted by molar-refractivity contribution is 0.587. The minimum Gasteiger partial charge on any atom is -0.310 e. The molecule has 2 aromatic rings. The summed E-state index contributed by atoms with van der Waals surface area (Å²) in [5.41, 5.74) is 3.75. The van der Waals surface area contributed by atoms with Crippen LogP contribution < -0.4 is 5.32 Å². The number of nitrogens with one attached hydrogen (secondary N) is 1. The molecule has 3 rings (SSSR count). The summed E-state index contributed by atoms with van der Waals surface area (Å²) in [5, 5.41) is 3.33. The Balaban J connectivity index is 1.84. The number of aryl methyl sites for hydroxylation is 1. The Bertz CT molecular complexity index is 591. The summed E-state index contributed by atoms with van der Waals surface area (Å²) >= 11 is 0. The number of hydrogen-bond acceptors (Lipinski definition) is 2. The van der Waals surface area contributed by atoms with Gasteiger partial charge in [-0.1, -0.05) is 12.1 Å². The Morgan fingerprint density at radius 3 is 2.84 bits per heavy atom. The fourth-order valence-corrected chi connectivity index (χ4v) is 2.20. The first-order valence-electron chi connectivity index (χ1n) is 6.67. The van der Waals surface area contributed by atoms with Crippen LogP contribution in [0, 0.1) is 12.7 Å². The van der Waals surface area contributed by atoms with Gasteiger partial charge in [0.25, 0.3) is 0 Å². The van der Waals surface area contributed by atoms with E-state index in [0.717, 1.165) is 22.3 Å². The lowest BCUT2D eigenvalue weighted by Crippen LogP contribution is -2.16. The predicted molar refractivity (Wildman–Crippen MR) is 74.2 cm³/mol. The maximum absolute atomic E-state index is 14.1. The highest BCUT2D eigenvalue weighted by molar-refractivity contribution is 5.66. The zero-order valence-electron chi connectivity index (χ0n) is 11.0. The number of benzene rings is 1. The van der Waals surface area contributed by atoms with Gasteiger partial charge < -0.3 is 5.32 Å². The molecular weight excluding hydrogens is 239 g/mol. The second-order valence-electron chi connectivity index (χ2n) is 5.15. The fourth-order valence-electron chi connectivity index (χ4n) is 2.20. The van der Waals surface area contributed by atoms with Crippen molar-refractivity contribution < 1.29 is 4.39 Å². The van der Waals surface area contributed by atoms with Crippen LogP contribution in [0.25, 0.3) is 11.1 Å². The van der Waals surface area contributed by atoms with Gasteiger partial charge in [-0.15, -0.1) is 0 Å². The third-order valence-electron chi connectivity index (χ3n) is 3.54. The highest BCUT2D eigenvalue weighted by Crippen LogP contribution is 2.25. The Morgan fingerprint density at radius 2 is 2.16 bits per heavy atom. The van der Waals surface area contributed by atoms with Gasteiger partial charge in [0.15, 0.2) is 0 Å². The van der Waals surface area contributed by atoms with Crippen LogP contribution in [0.3, 0.4) is 0 Å². The molecule has 1 saturated carbocycles. The largest absolute Gasteiger partial charge is 0.310 e. The van der Waals surface area contributed by atoms with Crippen molar-refractivity contribution in [3.05, 3.63) is 53.6 Å². The molecule has 1 aliphatic rings. The molecule has 1 heterocycles. The van der Waals surface area contributed by atoms with E-state index in [9.17, 15) is 4.39 Å². The Hall–Kier alpha value is -1.74. The van der Waals surface area contributed by atoms with Gasteiger partial charge in [0.2, 0.25) is 0 Å². The number of aromatic nitrogens is 1. The van der Waals surface area contributed by atoms with E-state index >= 15 is 0 Å². The maximum Gasteiger partial charge on any atom is 0.128 e. The first kappa shape index (κ1) is 12.3. The number of nitrogens with zero attached hydrogens (tertiary/aromatic N) is 1. The van der Waals surface area contributed by atoms with Crippen molar-refractivity contribution in [1.29, 1.82) is 0 Å². The van der Waals surface area contributed by atoms with Crippen molar-refractivity contribution in [1.82, 2.24) is 10.3 Å². The minimum atomic E-state index is -0.137. The molecule has 3 heteroatoms. The van der Waals surface area contributed by atoms with Crippen LogP contribution in [0.2, 0.25) is 0 Å². The summed E-state index contributed by atoms with van der Waals surface area (Å²) in [5.74, 6) is -0.137. The van der Waals surface area contributed by atoms with Gasteiger partial charge in [-0.05, 0) is 48.6 Å². The van der Waals surface area contributed by atoms with Crippen LogP contribution in [0.4, 0.5) is 4.39 Å². The summed E-state index contributed by atoms with van der Waals surface area (Å²) < 4.78 is 14.1. The van der Waals surface area contributed by atoms with Gasteiger partial charge >= 0.3 is 0 Å². The molecule has 1 N–H and O–H groups in total. The molecule has 0 saturated heterocycles. The fraction of sp³-hybridized carbons (Fsp3) is 0.312. The smallest absolute Gasteiger partial charge is 0.128 e. The van der Waals surface area contributed by atoms with Crippen LogP contribution in [-0.4, -0.2) is 11.0 Å². The molecule has 19 heavy (non-hydrogen) atoms. The Kier molecular flexibility index (Phi) is 3.30. The summed E-state index contributed by atoms with van der Waals surface area (Å²) in [4.78, 5) is 4.06. The second-order valence-corrected chi connectivity index (χ2v) is 5.15. The molecule has 1 aliphatic carbocycles. The molecule has 0 amide bonds. The van der Waals surface area contributed by atoms with E-state index in [1.807, 2.05) is 25.1 Å². The first-order valence-corrected chi connectivity index (χ1v) is 6.67. The number of pyridine rings is 1. The van der Waals surface area contributed by atoms with Crippen LogP contribution >= 0.6 is 0 Å². The van der Waals surface area contributed by atoms with Crippen LogP contribution in [0.5, 0.6) is 0 Å². The van der Waals surface area contributed by atoms with E-state index in [-0.39, 0.29) is 5.82 Å². The minimum absolute atomic E-state index is 0.137. The van der Waals surface area contributed by atoms with E-state index in [1.165, 1.54) is 12.8 Å². The highest BCUT2D eigenvalue weighted by atomic mass is 19.1. The summed E-state index contributed by atoms with van der Waals surface area (Å²) in [7, 11) is 0. The van der Waals surface area contributed by atoms with Crippen molar-refractivity contribution >= 4 is 0 Å². The van der Waals surface area contributed by atoms with Crippen molar-refractivity contribution in [3.63, 3.8) is 0 Å². The quantitative estimate of drug-likeness (QED) is 0.906. The van der Waals surface area contributed by atoms with Gasteiger partial charge in [0.1, 0.15) is 5.82 Å². The average Bonchev–Trinajstić information content (AvgIpc) is 3.22. The van der Waals surface area contributed by atoms with Gasteiger partial charge in [0, 0.05) is 30.5 Å². The molecular formula is C16H17FN2. The molecule has 1 fully saturated rings. The molecule has 0 spiro atoms. The van der Waals surface area contributed by atoms with Crippen molar-refractivity contribution in [2.24, 2.45) is 0 Å². The lowest BCUT2D eigenvalue weighted by atomic mass is 10.0. The molecule has 1 aromatic carbocycles. The van der Waals surface area contributed by atoms with Crippen LogP contribution in [0.1, 0.15) is 24.0 Å². The van der Waals surface area contributed by atoms with E-state index < -0.39 is 0 Å². The third-order valence-corrected chi connectivity index (χ3v) is 3.54. The van der Waals surface area contributed by atoms with Gasteiger partial charge in [-0.3, -0.25) is 4.98 Å². The molecule has 0 bridgehead atoms. The highest BCUT2D eigenvalue weighted by Gasteiger charge is 2.20. The predicted octanol–water partition coefficient (Wildman–Crippen LogP) is 3.45. The molecule has 0 aliphatic heterocycles. The zero-order valence-corrected chi connectivity index (χ0v) is 11.0. The summed E-state index contributed by atoms with van der Waals surface area (Å²) in [6.07, 6.45) is 5.98. The molecule has 98 valence electrons. The Labute approximate surface area is 112 Å². The van der Waals surface area contributed by atoms with Gasteiger partial charge in [0.05, 0.1) is 0 Å². The topological polar surface area (TPSA) is 24.9 Å². The average molecular weight is 256 g/mol. The second kappa shape index (κ2) is 5.10. The normalized spacial score (nSPS) is 14.6. The summed E-state index contributed by atoms with van der Waals surface area (Å²) in [6.45, 7) is 2.61. The van der Waals surface area contributed by atoms with Crippen molar-refractivity contribution in [2.75, 3.05) is 0 Å². The monoisotopic (exact) mass is 256 g/mol. The van der Waals surface area contributed by atoms with E-state index in [0.29, 0.717) is 12.6 Å². The van der Waals surface area contributed by atoms with E-state index in [4.69, 9.17) is 0 Å². The molecule has 0 radical (unpaired) electrons. The van der Waals surface area contributed by atoms with Crippen LogP contribution in [0.15, 0.2) is 36.7 Å². The Morgan fingerprint density at radius 1 is 1.32 bits per heavy atom. The van der Waals surface area contributed by atoms with Crippen LogP contribution in [-0.2, 0) is 6.54 Å². The molecule has 1 aromatic heterocycles. The van der Waals surface area contributed by atoms with E-state index in [2.05, 4.69) is 10.3 Å².